The van der Waals surface area contributed by atoms with Gasteiger partial charge in [0.25, 0.3) is 5.91 Å². The third kappa shape index (κ3) is 3.37. The van der Waals surface area contributed by atoms with Crippen molar-refractivity contribution in [2.24, 2.45) is 22.6 Å². The smallest absolute Gasteiger partial charge is 0.274 e. The number of amides is 1. The summed E-state index contributed by atoms with van der Waals surface area (Å²) < 4.78 is 27.9. The van der Waals surface area contributed by atoms with Crippen LogP contribution in [0.25, 0.3) is 0 Å². The maximum absolute atomic E-state index is 14.9. The second-order valence-electron chi connectivity index (χ2n) is 7.44. The van der Waals surface area contributed by atoms with Gasteiger partial charge in [-0.25, -0.2) is 13.8 Å². The lowest BCUT2D eigenvalue weighted by molar-refractivity contribution is 0.102. The van der Waals surface area contributed by atoms with E-state index in [0.29, 0.717) is 28.8 Å². The number of anilines is 1. The van der Waals surface area contributed by atoms with Gasteiger partial charge < -0.3 is 11.1 Å². The summed E-state index contributed by atoms with van der Waals surface area (Å²) >= 11 is 1.51. The standard InChI is InChI=1S/C20H20F2N4OS/c1-11-6-12-10-28-19(23)26-20(12,8-11)15-7-14(3-4-16(15)22)25-18(27)17-5-2-13(21)9-24-17/h2-5,7,9,11-12H,6,8,10H2,1H3,(H2,23,26)(H,25,27)/t11-,12-,20-/m0/s1. The summed E-state index contributed by atoms with van der Waals surface area (Å²) in [5, 5.41) is 3.18. The molecule has 3 atom stereocenters. The Labute approximate surface area is 165 Å². The number of nitrogens with two attached hydrogens (primary N) is 1. The van der Waals surface area contributed by atoms with Crippen LogP contribution in [0, 0.1) is 23.5 Å². The monoisotopic (exact) mass is 402 g/mol. The maximum Gasteiger partial charge on any atom is 0.274 e. The highest BCUT2D eigenvalue weighted by Crippen LogP contribution is 2.53. The van der Waals surface area contributed by atoms with Gasteiger partial charge in [-0.1, -0.05) is 18.7 Å². The van der Waals surface area contributed by atoms with Crippen LogP contribution in [0.4, 0.5) is 14.5 Å². The average molecular weight is 402 g/mol. The molecule has 1 saturated carbocycles. The molecule has 1 fully saturated rings. The average Bonchev–Trinajstić information content (AvgIpc) is 2.99. The molecule has 1 aromatic carbocycles. The predicted molar refractivity (Wildman–Crippen MR) is 106 cm³/mol. The lowest BCUT2D eigenvalue weighted by Crippen LogP contribution is -2.37. The van der Waals surface area contributed by atoms with E-state index in [1.54, 1.807) is 6.07 Å². The molecule has 2 aliphatic rings. The van der Waals surface area contributed by atoms with Crippen LogP contribution in [0.5, 0.6) is 0 Å². The lowest BCUT2D eigenvalue weighted by Gasteiger charge is -2.36. The zero-order chi connectivity index (χ0) is 19.9. The molecule has 1 aliphatic heterocycles. The van der Waals surface area contributed by atoms with Gasteiger partial charge in [-0.3, -0.25) is 9.79 Å². The molecule has 0 saturated heterocycles. The molecule has 0 unspecified atom stereocenters. The van der Waals surface area contributed by atoms with Crippen LogP contribution >= 0.6 is 11.8 Å². The molecule has 1 aliphatic carbocycles. The fraction of sp³-hybridized carbons (Fsp3) is 0.350. The Morgan fingerprint density at radius 1 is 1.32 bits per heavy atom. The fourth-order valence-corrected chi connectivity index (χ4v) is 5.26. The van der Waals surface area contributed by atoms with Crippen LogP contribution in [0.2, 0.25) is 0 Å². The molecule has 0 bridgehead atoms. The lowest BCUT2D eigenvalue weighted by atomic mass is 9.81. The summed E-state index contributed by atoms with van der Waals surface area (Å²) in [4.78, 5) is 20.9. The number of hydrogen-bond donors (Lipinski definition) is 2. The van der Waals surface area contributed by atoms with E-state index in [-0.39, 0.29) is 17.4 Å². The van der Waals surface area contributed by atoms with Gasteiger partial charge in [-0.2, -0.15) is 0 Å². The summed E-state index contributed by atoms with van der Waals surface area (Å²) in [6.07, 6.45) is 2.65. The number of aromatic nitrogens is 1. The van der Waals surface area contributed by atoms with Crippen molar-refractivity contribution in [3.63, 3.8) is 0 Å². The summed E-state index contributed by atoms with van der Waals surface area (Å²) in [6, 6.07) is 6.93. The van der Waals surface area contributed by atoms with Gasteiger partial charge >= 0.3 is 0 Å². The van der Waals surface area contributed by atoms with Gasteiger partial charge in [0.2, 0.25) is 0 Å². The topological polar surface area (TPSA) is 80.4 Å². The fourth-order valence-electron chi connectivity index (χ4n) is 4.25. The second kappa shape index (κ2) is 7.16. The Balaban J connectivity index is 1.68. The number of hydrogen-bond acceptors (Lipinski definition) is 5. The van der Waals surface area contributed by atoms with Crippen molar-refractivity contribution in [2.45, 2.75) is 25.3 Å². The number of carbonyl (C=O) groups excluding carboxylic acids is 1. The van der Waals surface area contributed by atoms with Gasteiger partial charge in [-0.05, 0) is 55.0 Å². The minimum absolute atomic E-state index is 0.0779. The molecule has 1 aromatic heterocycles. The van der Waals surface area contributed by atoms with E-state index >= 15 is 0 Å². The Morgan fingerprint density at radius 2 is 2.14 bits per heavy atom. The highest BCUT2D eigenvalue weighted by molar-refractivity contribution is 8.13. The zero-order valence-corrected chi connectivity index (χ0v) is 16.1. The van der Waals surface area contributed by atoms with Crippen LogP contribution < -0.4 is 11.1 Å². The Kier molecular flexibility index (Phi) is 4.82. The third-order valence-corrected chi connectivity index (χ3v) is 6.37. The van der Waals surface area contributed by atoms with E-state index in [2.05, 4.69) is 17.2 Å². The molecule has 1 amide bonds. The van der Waals surface area contributed by atoms with Gasteiger partial charge in [0.05, 0.1) is 11.7 Å². The van der Waals surface area contributed by atoms with Crippen molar-refractivity contribution in [1.82, 2.24) is 4.98 Å². The van der Waals surface area contributed by atoms with E-state index in [0.717, 1.165) is 18.4 Å². The van der Waals surface area contributed by atoms with Crippen LogP contribution in [0.1, 0.15) is 35.8 Å². The molecule has 5 nitrogen and oxygen atoms in total. The van der Waals surface area contributed by atoms with Crippen molar-refractivity contribution < 1.29 is 13.6 Å². The summed E-state index contributed by atoms with van der Waals surface area (Å²) in [5.41, 5.74) is 6.27. The van der Waals surface area contributed by atoms with Crippen LogP contribution in [0.3, 0.4) is 0 Å². The van der Waals surface area contributed by atoms with Crippen LogP contribution in [-0.4, -0.2) is 21.8 Å². The number of carbonyl (C=O) groups is 1. The maximum atomic E-state index is 14.9. The highest BCUT2D eigenvalue weighted by atomic mass is 32.2. The van der Waals surface area contributed by atoms with Gasteiger partial charge in [0.1, 0.15) is 17.3 Å². The summed E-state index contributed by atoms with van der Waals surface area (Å²) in [7, 11) is 0. The first-order valence-electron chi connectivity index (χ1n) is 9.08. The molecule has 3 N–H and O–H groups in total. The molecule has 28 heavy (non-hydrogen) atoms. The summed E-state index contributed by atoms with van der Waals surface area (Å²) in [6.45, 7) is 2.14. The molecule has 8 heteroatoms. The van der Waals surface area contributed by atoms with Gasteiger partial charge in [-0.15, -0.1) is 0 Å². The summed E-state index contributed by atoms with van der Waals surface area (Å²) in [5.74, 6) is 0.0241. The number of pyridine rings is 1. The Bertz CT molecular complexity index is 950. The first kappa shape index (κ1) is 18.9. The Morgan fingerprint density at radius 3 is 2.89 bits per heavy atom. The number of fused-ring (bicyclic) bond motifs is 1. The van der Waals surface area contributed by atoms with Crippen LogP contribution in [0.15, 0.2) is 41.5 Å². The first-order valence-corrected chi connectivity index (χ1v) is 10.1. The SMILES string of the molecule is C[C@H]1C[C@H]2CSC(N)=N[C@@]2(c2cc(NC(=O)c3ccc(F)cn3)ccc2F)C1. The van der Waals surface area contributed by atoms with Crippen molar-refractivity contribution in [3.8, 4) is 0 Å². The number of aliphatic imine (C=N–C) groups is 1. The van der Waals surface area contributed by atoms with Gasteiger partial charge in [0.15, 0.2) is 5.17 Å². The number of thioether (sulfide) groups is 1. The molecule has 0 spiro atoms. The third-order valence-electron chi connectivity index (χ3n) is 5.41. The van der Waals surface area contributed by atoms with E-state index in [1.165, 1.54) is 36.0 Å². The molecule has 0 radical (unpaired) electrons. The second-order valence-corrected chi connectivity index (χ2v) is 8.48. The number of amidine groups is 1. The number of rotatable bonds is 3. The Hall–Kier alpha value is -2.48. The largest absolute Gasteiger partial charge is 0.379 e. The van der Waals surface area contributed by atoms with Crippen molar-refractivity contribution >= 4 is 28.5 Å². The number of halogens is 2. The molecule has 4 rings (SSSR count). The number of nitrogens with zero attached hydrogens (tertiary/aromatic N) is 2. The van der Waals surface area contributed by atoms with Crippen molar-refractivity contribution in [3.05, 3.63) is 59.4 Å². The minimum Gasteiger partial charge on any atom is -0.379 e. The molecule has 146 valence electrons. The van der Waals surface area contributed by atoms with E-state index in [9.17, 15) is 13.6 Å². The zero-order valence-electron chi connectivity index (χ0n) is 15.3. The van der Waals surface area contributed by atoms with E-state index in [1.807, 2.05) is 0 Å². The molecular formula is C20H20F2N4OS. The number of nitrogens with one attached hydrogen (secondary N) is 1. The normalized spacial score (nSPS) is 26.5. The predicted octanol–water partition coefficient (Wildman–Crippen LogP) is 3.92. The van der Waals surface area contributed by atoms with Gasteiger partial charge in [0, 0.05) is 17.0 Å². The van der Waals surface area contributed by atoms with Crippen molar-refractivity contribution in [2.75, 3.05) is 11.1 Å². The molecule has 2 aromatic rings. The molecular weight excluding hydrogens is 382 g/mol. The molecule has 2 heterocycles. The highest BCUT2D eigenvalue weighted by Gasteiger charge is 2.50. The van der Waals surface area contributed by atoms with E-state index < -0.39 is 17.3 Å². The first-order chi connectivity index (χ1) is 13.4. The quantitative estimate of drug-likeness (QED) is 0.816. The minimum atomic E-state index is -0.701. The van der Waals surface area contributed by atoms with E-state index in [4.69, 9.17) is 10.7 Å². The van der Waals surface area contributed by atoms with Crippen LogP contribution in [-0.2, 0) is 5.54 Å². The van der Waals surface area contributed by atoms with Crippen molar-refractivity contribution in [1.29, 1.82) is 0 Å². The number of benzene rings is 1.